The van der Waals surface area contributed by atoms with Crippen LogP contribution in [0.4, 0.5) is 0 Å². The van der Waals surface area contributed by atoms with Gasteiger partial charge in [0.25, 0.3) is 0 Å². The molecule has 5 heteroatoms. The fourth-order valence-corrected chi connectivity index (χ4v) is 5.56. The fourth-order valence-electron chi connectivity index (χ4n) is 5.56. The van der Waals surface area contributed by atoms with E-state index in [-0.39, 0.29) is 5.41 Å². The van der Waals surface area contributed by atoms with Gasteiger partial charge in [-0.2, -0.15) is 0 Å². The Kier molecular flexibility index (Phi) is 10.5. The van der Waals surface area contributed by atoms with Crippen LogP contribution in [0.5, 0.6) is 23.0 Å². The van der Waals surface area contributed by atoms with Crippen LogP contribution in [0, 0.1) is 5.41 Å². The molecule has 0 spiro atoms. The number of benzene rings is 4. The van der Waals surface area contributed by atoms with Gasteiger partial charge in [0.1, 0.15) is 29.6 Å². The Morgan fingerprint density at radius 2 is 1.17 bits per heavy atom. The Morgan fingerprint density at radius 3 is 1.67 bits per heavy atom. The van der Waals surface area contributed by atoms with Gasteiger partial charge < -0.3 is 23.7 Å². The summed E-state index contributed by atoms with van der Waals surface area (Å²) in [6, 6.07) is 30.4. The largest absolute Gasteiger partial charge is 0.496 e. The molecule has 0 N–H and O–H groups in total. The molecule has 222 valence electrons. The molecular weight excluding hydrogens is 524 g/mol. The summed E-state index contributed by atoms with van der Waals surface area (Å²) in [4.78, 5) is 0. The first-order chi connectivity index (χ1) is 20.3. The molecule has 0 saturated carbocycles. The second kappa shape index (κ2) is 14.3. The number of hydrogen-bond acceptors (Lipinski definition) is 5. The van der Waals surface area contributed by atoms with Gasteiger partial charge in [0, 0.05) is 22.3 Å². The topological polar surface area (TPSA) is 46.2 Å². The molecule has 0 radical (unpaired) electrons. The maximum atomic E-state index is 6.47. The summed E-state index contributed by atoms with van der Waals surface area (Å²) in [6.07, 6.45) is 0.671. The van der Waals surface area contributed by atoms with E-state index in [0.717, 1.165) is 51.7 Å². The van der Waals surface area contributed by atoms with Gasteiger partial charge in [-0.1, -0.05) is 94.4 Å². The van der Waals surface area contributed by atoms with Crippen LogP contribution in [0.25, 0.3) is 22.3 Å². The van der Waals surface area contributed by atoms with Crippen molar-refractivity contribution < 1.29 is 23.7 Å². The van der Waals surface area contributed by atoms with Crippen molar-refractivity contribution in [1.29, 1.82) is 0 Å². The molecule has 4 aromatic rings. The minimum Gasteiger partial charge on any atom is -0.496 e. The average Bonchev–Trinajstić information content (AvgIpc) is 2.99. The fraction of sp³-hybridized carbons (Fsp3) is 0.351. The highest BCUT2D eigenvalue weighted by Crippen LogP contribution is 2.44. The Morgan fingerprint density at radius 1 is 0.643 bits per heavy atom. The highest BCUT2D eigenvalue weighted by molar-refractivity contribution is 5.86. The molecule has 0 fully saturated rings. The van der Waals surface area contributed by atoms with Gasteiger partial charge >= 0.3 is 0 Å². The number of methoxy groups -OCH3 is 2. The summed E-state index contributed by atoms with van der Waals surface area (Å²) in [7, 11) is 3.36. The summed E-state index contributed by atoms with van der Waals surface area (Å²) in [5.74, 6) is 3.57. The lowest BCUT2D eigenvalue weighted by molar-refractivity contribution is -0.0738. The summed E-state index contributed by atoms with van der Waals surface area (Å²) in [5.41, 5.74) is 5.30. The summed E-state index contributed by atoms with van der Waals surface area (Å²) >= 11 is 0. The van der Waals surface area contributed by atoms with Crippen LogP contribution in [0.1, 0.15) is 52.5 Å². The standard InChI is InChI=1S/C37H44O5/c1-8-33(37(3,4)5)27-20-22-28(23-21-27)42-26(2)40-24-25-41-36-31(29-14-9-11-18-34(29)38-6)16-13-17-32(36)30-15-10-12-19-35(30)39-7/h9-23,26,33H,8,24-25H2,1-7H3. The molecule has 2 unspecified atom stereocenters. The molecular formula is C37H44O5. The number of para-hydroxylation sites is 3. The first-order valence-corrected chi connectivity index (χ1v) is 14.7. The van der Waals surface area contributed by atoms with Crippen molar-refractivity contribution in [3.05, 3.63) is 96.6 Å². The molecule has 0 heterocycles. The van der Waals surface area contributed by atoms with Crippen LogP contribution in [-0.4, -0.2) is 33.7 Å². The molecule has 0 aliphatic heterocycles. The van der Waals surface area contributed by atoms with E-state index < -0.39 is 6.29 Å². The van der Waals surface area contributed by atoms with Crippen molar-refractivity contribution in [1.82, 2.24) is 0 Å². The Bertz CT molecular complexity index is 1360. The van der Waals surface area contributed by atoms with Gasteiger partial charge in [0.15, 0.2) is 6.29 Å². The van der Waals surface area contributed by atoms with Crippen molar-refractivity contribution in [3.63, 3.8) is 0 Å². The highest BCUT2D eigenvalue weighted by Gasteiger charge is 2.24. The van der Waals surface area contributed by atoms with Gasteiger partial charge in [0.2, 0.25) is 0 Å². The minimum absolute atomic E-state index is 0.212. The van der Waals surface area contributed by atoms with Gasteiger partial charge in [-0.05, 0) is 54.5 Å². The molecule has 0 aliphatic carbocycles. The smallest absolute Gasteiger partial charge is 0.197 e. The molecule has 42 heavy (non-hydrogen) atoms. The second-order valence-electron chi connectivity index (χ2n) is 11.4. The van der Waals surface area contributed by atoms with E-state index in [2.05, 4.69) is 39.8 Å². The van der Waals surface area contributed by atoms with E-state index in [1.165, 1.54) is 5.56 Å². The lowest BCUT2D eigenvalue weighted by Gasteiger charge is -2.30. The lowest BCUT2D eigenvalue weighted by atomic mass is 9.75. The van der Waals surface area contributed by atoms with E-state index in [1.54, 1.807) is 14.2 Å². The molecule has 0 amide bonds. The zero-order chi connectivity index (χ0) is 30.1. The molecule has 4 aromatic carbocycles. The lowest BCUT2D eigenvalue weighted by Crippen LogP contribution is -2.20. The van der Waals surface area contributed by atoms with Crippen LogP contribution in [0.2, 0.25) is 0 Å². The van der Waals surface area contributed by atoms with Crippen LogP contribution >= 0.6 is 0 Å². The second-order valence-corrected chi connectivity index (χ2v) is 11.4. The van der Waals surface area contributed by atoms with Crippen LogP contribution in [-0.2, 0) is 4.74 Å². The van der Waals surface area contributed by atoms with Crippen molar-refractivity contribution in [2.75, 3.05) is 27.4 Å². The number of hydrogen-bond donors (Lipinski definition) is 0. The van der Waals surface area contributed by atoms with Crippen molar-refractivity contribution >= 4 is 0 Å². The van der Waals surface area contributed by atoms with E-state index in [9.17, 15) is 0 Å². The molecule has 5 nitrogen and oxygen atoms in total. The number of rotatable bonds is 13. The maximum Gasteiger partial charge on any atom is 0.197 e. The normalized spacial score (nSPS) is 12.8. The Balaban J connectivity index is 1.48. The quantitative estimate of drug-likeness (QED) is 0.119. The zero-order valence-corrected chi connectivity index (χ0v) is 26.0. The Hall–Kier alpha value is -3.96. The summed E-state index contributed by atoms with van der Waals surface area (Å²) in [5, 5.41) is 0. The average molecular weight is 569 g/mol. The third-order valence-electron chi connectivity index (χ3n) is 7.53. The minimum atomic E-state index is -0.429. The van der Waals surface area contributed by atoms with Gasteiger partial charge in [-0.15, -0.1) is 0 Å². The molecule has 4 rings (SSSR count). The van der Waals surface area contributed by atoms with Gasteiger partial charge in [-0.25, -0.2) is 0 Å². The summed E-state index contributed by atoms with van der Waals surface area (Å²) in [6.45, 7) is 11.7. The van der Waals surface area contributed by atoms with Gasteiger partial charge in [-0.3, -0.25) is 0 Å². The predicted molar refractivity (Wildman–Crippen MR) is 171 cm³/mol. The van der Waals surface area contributed by atoms with Crippen LogP contribution in [0.3, 0.4) is 0 Å². The molecule has 0 aliphatic rings. The molecule has 0 aromatic heterocycles. The first-order valence-electron chi connectivity index (χ1n) is 14.7. The van der Waals surface area contributed by atoms with Crippen LogP contribution in [0.15, 0.2) is 91.0 Å². The molecule has 2 atom stereocenters. The van der Waals surface area contributed by atoms with E-state index in [0.29, 0.717) is 19.1 Å². The van der Waals surface area contributed by atoms with Crippen molar-refractivity contribution in [2.24, 2.45) is 5.41 Å². The van der Waals surface area contributed by atoms with Crippen LogP contribution < -0.4 is 18.9 Å². The monoisotopic (exact) mass is 568 g/mol. The van der Waals surface area contributed by atoms with E-state index >= 15 is 0 Å². The van der Waals surface area contributed by atoms with E-state index in [4.69, 9.17) is 23.7 Å². The summed E-state index contributed by atoms with van der Waals surface area (Å²) < 4.78 is 29.9. The van der Waals surface area contributed by atoms with Crippen molar-refractivity contribution in [2.45, 2.75) is 53.2 Å². The van der Waals surface area contributed by atoms with Gasteiger partial charge in [0.05, 0.1) is 20.8 Å². The highest BCUT2D eigenvalue weighted by atomic mass is 16.7. The number of ether oxygens (including phenoxy) is 5. The Labute approximate surface area is 251 Å². The third kappa shape index (κ3) is 7.46. The molecule has 0 bridgehead atoms. The van der Waals surface area contributed by atoms with E-state index in [1.807, 2.05) is 85.8 Å². The SMILES string of the molecule is CCC(c1ccc(OC(C)OCCOc2c(-c3ccccc3OC)cccc2-c2ccccc2OC)cc1)C(C)(C)C. The third-order valence-corrected chi connectivity index (χ3v) is 7.53. The predicted octanol–water partition coefficient (Wildman–Crippen LogP) is 9.40. The first kappa shape index (κ1) is 31.0. The zero-order valence-electron chi connectivity index (χ0n) is 26.0. The maximum absolute atomic E-state index is 6.47. The molecule has 0 saturated heterocycles. The van der Waals surface area contributed by atoms with Crippen molar-refractivity contribution in [3.8, 4) is 45.3 Å².